The Morgan fingerprint density at radius 2 is 1.65 bits per heavy atom. The highest BCUT2D eigenvalue weighted by Crippen LogP contribution is 2.25. The molecule has 0 bridgehead atoms. The smallest absolute Gasteiger partial charge is 0.257 e. The van der Waals surface area contributed by atoms with Gasteiger partial charge in [-0.3, -0.25) is 4.79 Å². The molecule has 20 heavy (non-hydrogen) atoms. The Kier molecular flexibility index (Phi) is 4.30. The van der Waals surface area contributed by atoms with E-state index in [4.69, 9.17) is 0 Å². The van der Waals surface area contributed by atoms with Crippen molar-refractivity contribution in [3.05, 3.63) is 34.9 Å². The molecule has 0 saturated heterocycles. The molecule has 2 rings (SSSR count). The Labute approximate surface area is 114 Å². The van der Waals surface area contributed by atoms with Gasteiger partial charge in [-0.05, 0) is 18.8 Å². The van der Waals surface area contributed by atoms with Gasteiger partial charge in [0.1, 0.15) is 5.56 Å². The summed E-state index contributed by atoms with van der Waals surface area (Å²) in [4.78, 5) is 11.9. The van der Waals surface area contributed by atoms with E-state index in [0.29, 0.717) is 6.42 Å². The van der Waals surface area contributed by atoms with E-state index in [9.17, 15) is 22.4 Å². The number of rotatable bonds is 2. The van der Waals surface area contributed by atoms with Gasteiger partial charge in [-0.15, -0.1) is 0 Å². The second-order valence-corrected chi connectivity index (χ2v) is 5.18. The maximum absolute atomic E-state index is 13.5. The first-order chi connectivity index (χ1) is 9.41. The van der Waals surface area contributed by atoms with Gasteiger partial charge in [0.15, 0.2) is 23.3 Å². The zero-order valence-electron chi connectivity index (χ0n) is 11.0. The summed E-state index contributed by atoms with van der Waals surface area (Å²) >= 11 is 0. The number of hydrogen-bond donors (Lipinski definition) is 1. The maximum atomic E-state index is 13.5. The molecule has 0 spiro atoms. The Morgan fingerprint density at radius 3 is 2.20 bits per heavy atom. The van der Waals surface area contributed by atoms with E-state index in [1.165, 1.54) is 0 Å². The average molecular weight is 289 g/mol. The Bertz CT molecular complexity index is 506. The van der Waals surface area contributed by atoms with E-state index in [1.807, 2.05) is 6.92 Å². The minimum atomic E-state index is -1.66. The van der Waals surface area contributed by atoms with Gasteiger partial charge in [-0.1, -0.05) is 19.8 Å². The van der Waals surface area contributed by atoms with E-state index >= 15 is 0 Å². The molecular weight excluding hydrogens is 274 g/mol. The summed E-state index contributed by atoms with van der Waals surface area (Å²) in [7, 11) is 0. The van der Waals surface area contributed by atoms with Crippen molar-refractivity contribution >= 4 is 5.91 Å². The third kappa shape index (κ3) is 2.78. The van der Waals surface area contributed by atoms with Crippen LogP contribution in [0.2, 0.25) is 0 Å². The van der Waals surface area contributed by atoms with E-state index in [1.54, 1.807) is 0 Å². The summed E-state index contributed by atoms with van der Waals surface area (Å²) < 4.78 is 53.2. The van der Waals surface area contributed by atoms with E-state index in [2.05, 4.69) is 5.32 Å². The standard InChI is InChI=1S/C14H15F4NO/c1-7-4-2-3-5-10(7)19-14(20)11-12(17)8(15)6-9(16)13(11)18/h6-7,10H,2-5H2,1H3,(H,19,20)/t7-,10?/m1/s1. The van der Waals surface area contributed by atoms with Crippen molar-refractivity contribution in [2.75, 3.05) is 0 Å². The highest BCUT2D eigenvalue weighted by atomic mass is 19.2. The first kappa shape index (κ1) is 14.8. The fourth-order valence-corrected chi connectivity index (χ4v) is 2.54. The largest absolute Gasteiger partial charge is 0.349 e. The first-order valence-corrected chi connectivity index (χ1v) is 6.55. The van der Waals surface area contributed by atoms with Gasteiger partial charge >= 0.3 is 0 Å². The molecule has 0 heterocycles. The summed E-state index contributed by atoms with van der Waals surface area (Å²) in [6.07, 6.45) is 3.52. The molecular formula is C14H15F4NO. The molecule has 0 radical (unpaired) electrons. The van der Waals surface area contributed by atoms with Gasteiger partial charge < -0.3 is 5.32 Å². The third-order valence-corrected chi connectivity index (χ3v) is 3.77. The lowest BCUT2D eigenvalue weighted by Gasteiger charge is -2.29. The fraction of sp³-hybridized carbons (Fsp3) is 0.500. The lowest BCUT2D eigenvalue weighted by molar-refractivity contribution is 0.0899. The van der Waals surface area contributed by atoms with Crippen molar-refractivity contribution in [3.63, 3.8) is 0 Å². The molecule has 1 fully saturated rings. The van der Waals surface area contributed by atoms with E-state index in [-0.39, 0.29) is 18.0 Å². The van der Waals surface area contributed by atoms with Crippen LogP contribution in [0.1, 0.15) is 43.0 Å². The number of halogens is 4. The molecule has 6 heteroatoms. The molecule has 1 saturated carbocycles. The van der Waals surface area contributed by atoms with Gasteiger partial charge in [0, 0.05) is 12.1 Å². The topological polar surface area (TPSA) is 29.1 Å². The molecule has 1 aromatic carbocycles. The van der Waals surface area contributed by atoms with Crippen LogP contribution in [0, 0.1) is 29.2 Å². The van der Waals surface area contributed by atoms with Crippen molar-refractivity contribution in [1.29, 1.82) is 0 Å². The van der Waals surface area contributed by atoms with Crippen LogP contribution in [-0.4, -0.2) is 11.9 Å². The molecule has 1 N–H and O–H groups in total. The molecule has 1 aromatic rings. The second-order valence-electron chi connectivity index (χ2n) is 5.18. The number of carbonyl (C=O) groups is 1. The molecule has 2 nitrogen and oxygen atoms in total. The Morgan fingerprint density at radius 1 is 1.10 bits per heavy atom. The predicted molar refractivity (Wildman–Crippen MR) is 65.2 cm³/mol. The highest BCUT2D eigenvalue weighted by Gasteiger charge is 2.28. The van der Waals surface area contributed by atoms with Crippen LogP contribution < -0.4 is 5.32 Å². The molecule has 2 atom stereocenters. The lowest BCUT2D eigenvalue weighted by Crippen LogP contribution is -2.41. The summed E-state index contributed by atoms with van der Waals surface area (Å²) in [6.45, 7) is 1.92. The fourth-order valence-electron chi connectivity index (χ4n) is 2.54. The molecule has 1 unspecified atom stereocenters. The monoisotopic (exact) mass is 289 g/mol. The van der Waals surface area contributed by atoms with Gasteiger partial charge in [0.2, 0.25) is 0 Å². The number of carbonyl (C=O) groups excluding carboxylic acids is 1. The molecule has 0 aromatic heterocycles. The van der Waals surface area contributed by atoms with Crippen LogP contribution in [0.25, 0.3) is 0 Å². The summed E-state index contributed by atoms with van der Waals surface area (Å²) in [6, 6.07) is -0.147. The Hall–Kier alpha value is -1.59. The van der Waals surface area contributed by atoms with Crippen molar-refractivity contribution < 1.29 is 22.4 Å². The van der Waals surface area contributed by atoms with Crippen LogP contribution in [0.4, 0.5) is 17.6 Å². The molecule has 1 aliphatic carbocycles. The van der Waals surface area contributed by atoms with Gasteiger partial charge in [-0.2, -0.15) is 0 Å². The highest BCUT2D eigenvalue weighted by molar-refractivity contribution is 5.95. The molecule has 110 valence electrons. The van der Waals surface area contributed by atoms with Crippen molar-refractivity contribution in [1.82, 2.24) is 5.32 Å². The number of nitrogens with one attached hydrogen (secondary N) is 1. The van der Waals surface area contributed by atoms with Gasteiger partial charge in [0.25, 0.3) is 5.91 Å². The average Bonchev–Trinajstić information content (AvgIpc) is 2.39. The van der Waals surface area contributed by atoms with E-state index in [0.717, 1.165) is 19.3 Å². The zero-order valence-corrected chi connectivity index (χ0v) is 11.0. The summed E-state index contributed by atoms with van der Waals surface area (Å²) in [5, 5.41) is 2.47. The zero-order chi connectivity index (χ0) is 14.9. The van der Waals surface area contributed by atoms with Crippen LogP contribution in [0.5, 0.6) is 0 Å². The van der Waals surface area contributed by atoms with Crippen molar-refractivity contribution in [2.45, 2.75) is 38.6 Å². The number of hydrogen-bond acceptors (Lipinski definition) is 1. The normalized spacial score (nSPS) is 22.6. The summed E-state index contributed by atoms with van der Waals surface area (Å²) in [5.41, 5.74) is -1.19. The maximum Gasteiger partial charge on any atom is 0.257 e. The number of amides is 1. The van der Waals surface area contributed by atoms with Gasteiger partial charge in [0.05, 0.1) is 0 Å². The minimum Gasteiger partial charge on any atom is -0.349 e. The quantitative estimate of drug-likeness (QED) is 0.654. The minimum absolute atomic E-state index is 0.0880. The number of benzene rings is 1. The van der Waals surface area contributed by atoms with E-state index < -0.39 is 34.7 Å². The molecule has 0 aliphatic heterocycles. The SMILES string of the molecule is C[C@@H]1CCCCC1NC(=O)c1c(F)c(F)cc(F)c1F. The first-order valence-electron chi connectivity index (χ1n) is 6.55. The second kappa shape index (κ2) is 5.81. The van der Waals surface area contributed by atoms with Crippen LogP contribution in [0.3, 0.4) is 0 Å². The van der Waals surface area contributed by atoms with Crippen LogP contribution in [0.15, 0.2) is 6.07 Å². The van der Waals surface area contributed by atoms with Crippen LogP contribution in [-0.2, 0) is 0 Å². The summed E-state index contributed by atoms with van der Waals surface area (Å²) in [5.74, 6) is -7.43. The third-order valence-electron chi connectivity index (χ3n) is 3.77. The molecule has 1 aliphatic rings. The Balaban J connectivity index is 2.25. The van der Waals surface area contributed by atoms with Crippen molar-refractivity contribution in [2.24, 2.45) is 5.92 Å². The van der Waals surface area contributed by atoms with Gasteiger partial charge in [-0.25, -0.2) is 17.6 Å². The molecule has 1 amide bonds. The van der Waals surface area contributed by atoms with Crippen LogP contribution >= 0.6 is 0 Å². The lowest BCUT2D eigenvalue weighted by atomic mass is 9.86. The predicted octanol–water partition coefficient (Wildman–Crippen LogP) is 3.55. The van der Waals surface area contributed by atoms with Crippen molar-refractivity contribution in [3.8, 4) is 0 Å².